The fourth-order valence-electron chi connectivity index (χ4n) is 3.39. The van der Waals surface area contributed by atoms with Crippen LogP contribution in [0.5, 0.6) is 5.75 Å². The number of alkyl carbamates (subject to hydrolysis) is 1. The first-order valence-electron chi connectivity index (χ1n) is 11.8. The molecular weight excluding hydrogens is 462 g/mol. The Bertz CT molecular complexity index is 1070. The molecule has 0 heterocycles. The molecule has 2 rings (SSSR count). The Morgan fingerprint density at radius 3 is 2.42 bits per heavy atom. The quantitative estimate of drug-likeness (QED) is 0.383. The van der Waals surface area contributed by atoms with E-state index in [4.69, 9.17) is 14.6 Å². The van der Waals surface area contributed by atoms with Crippen LogP contribution >= 0.6 is 0 Å². The molecule has 192 valence electrons. The molecule has 2 amide bonds. The molecule has 0 aromatic heterocycles. The maximum absolute atomic E-state index is 12.9. The van der Waals surface area contributed by atoms with Gasteiger partial charge in [-0.2, -0.15) is 5.26 Å². The second-order valence-corrected chi connectivity index (χ2v) is 9.26. The van der Waals surface area contributed by atoms with Crippen LogP contribution in [0.1, 0.15) is 50.3 Å². The van der Waals surface area contributed by atoms with Crippen LogP contribution in [0, 0.1) is 11.3 Å². The van der Waals surface area contributed by atoms with Crippen molar-refractivity contribution in [2.45, 2.75) is 58.1 Å². The largest absolute Gasteiger partial charge is 0.481 e. The van der Waals surface area contributed by atoms with Gasteiger partial charge in [-0.3, -0.25) is 4.79 Å². The summed E-state index contributed by atoms with van der Waals surface area (Å²) in [6, 6.07) is 15.7. The highest BCUT2D eigenvalue weighted by atomic mass is 16.6. The Hall–Kier alpha value is -4.06. The molecule has 2 aromatic rings. The molecule has 0 saturated carbocycles. The predicted octanol–water partition coefficient (Wildman–Crippen LogP) is 3.60. The second-order valence-electron chi connectivity index (χ2n) is 9.26. The van der Waals surface area contributed by atoms with Crippen LogP contribution in [0.15, 0.2) is 48.5 Å². The molecule has 0 aliphatic rings. The number of rotatable bonds is 12. The number of aryl methyl sites for hydroxylation is 1. The predicted molar refractivity (Wildman–Crippen MR) is 134 cm³/mol. The van der Waals surface area contributed by atoms with Crippen LogP contribution in [-0.2, 0) is 27.2 Å². The van der Waals surface area contributed by atoms with E-state index in [0.717, 1.165) is 19.3 Å². The molecule has 1 atom stereocenters. The Morgan fingerprint density at radius 2 is 1.78 bits per heavy atom. The Morgan fingerprint density at radius 1 is 1.06 bits per heavy atom. The van der Waals surface area contributed by atoms with Gasteiger partial charge >= 0.3 is 12.1 Å². The summed E-state index contributed by atoms with van der Waals surface area (Å²) < 4.78 is 10.4. The Balaban J connectivity index is 2.03. The van der Waals surface area contributed by atoms with E-state index in [1.165, 1.54) is 17.7 Å². The number of amides is 2. The lowest BCUT2D eigenvalue weighted by Crippen LogP contribution is -2.49. The van der Waals surface area contributed by atoms with Gasteiger partial charge in [-0.25, -0.2) is 9.59 Å². The standard InChI is InChI=1S/C27H33N3O6/c1-27(2,3)36-26(34)30-22(25(33)29-14-8-7-11-19-9-5-4-6-10-19)16-20-12-13-23(21(15-20)17-28)35-18-24(31)32/h4-6,9-10,12-13,15,22H,7-8,11,14,16,18H2,1-3H3,(H,29,33)(H,30,34)(H,31,32). The van der Waals surface area contributed by atoms with Crippen molar-refractivity contribution in [3.05, 3.63) is 65.2 Å². The number of unbranched alkanes of at least 4 members (excludes halogenated alkanes) is 1. The maximum Gasteiger partial charge on any atom is 0.408 e. The number of carbonyl (C=O) groups is 3. The smallest absolute Gasteiger partial charge is 0.408 e. The van der Waals surface area contributed by atoms with E-state index in [1.807, 2.05) is 24.3 Å². The van der Waals surface area contributed by atoms with Crippen LogP contribution in [-0.4, -0.2) is 47.9 Å². The van der Waals surface area contributed by atoms with Crippen molar-refractivity contribution in [3.63, 3.8) is 0 Å². The molecule has 0 spiro atoms. The highest BCUT2D eigenvalue weighted by Crippen LogP contribution is 2.20. The van der Waals surface area contributed by atoms with E-state index < -0.39 is 30.3 Å². The van der Waals surface area contributed by atoms with Gasteiger partial charge in [0, 0.05) is 13.0 Å². The monoisotopic (exact) mass is 495 g/mol. The molecule has 3 N–H and O–H groups in total. The minimum absolute atomic E-state index is 0.100. The van der Waals surface area contributed by atoms with Gasteiger partial charge in [0.05, 0.1) is 5.56 Å². The summed E-state index contributed by atoms with van der Waals surface area (Å²) in [6.07, 6.45) is 1.95. The van der Waals surface area contributed by atoms with E-state index in [2.05, 4.69) is 22.8 Å². The molecule has 2 aromatic carbocycles. The zero-order valence-corrected chi connectivity index (χ0v) is 20.9. The molecule has 0 saturated heterocycles. The highest BCUT2D eigenvalue weighted by Gasteiger charge is 2.25. The lowest BCUT2D eigenvalue weighted by Gasteiger charge is -2.23. The fraction of sp³-hybridized carbons (Fsp3) is 0.407. The van der Waals surface area contributed by atoms with Crippen LogP contribution in [0.25, 0.3) is 0 Å². The topological polar surface area (TPSA) is 138 Å². The first-order chi connectivity index (χ1) is 17.1. The minimum Gasteiger partial charge on any atom is -0.481 e. The normalized spacial score (nSPS) is 11.6. The number of ether oxygens (including phenoxy) is 2. The summed E-state index contributed by atoms with van der Waals surface area (Å²) in [5.74, 6) is -1.40. The molecule has 36 heavy (non-hydrogen) atoms. The van der Waals surface area contributed by atoms with Gasteiger partial charge in [-0.15, -0.1) is 0 Å². The molecular formula is C27H33N3O6. The van der Waals surface area contributed by atoms with Crippen LogP contribution in [0.2, 0.25) is 0 Å². The number of nitrogens with zero attached hydrogens (tertiary/aromatic N) is 1. The van der Waals surface area contributed by atoms with Crippen molar-refractivity contribution >= 4 is 18.0 Å². The summed E-state index contributed by atoms with van der Waals surface area (Å²) in [7, 11) is 0. The van der Waals surface area contributed by atoms with Gasteiger partial charge < -0.3 is 25.2 Å². The van der Waals surface area contributed by atoms with Crippen molar-refractivity contribution in [2.24, 2.45) is 0 Å². The number of hydrogen-bond donors (Lipinski definition) is 3. The minimum atomic E-state index is -1.16. The van der Waals surface area contributed by atoms with Gasteiger partial charge in [0.25, 0.3) is 0 Å². The van der Waals surface area contributed by atoms with Crippen LogP contribution in [0.4, 0.5) is 4.79 Å². The van der Waals surface area contributed by atoms with E-state index in [1.54, 1.807) is 26.8 Å². The number of benzene rings is 2. The van der Waals surface area contributed by atoms with E-state index in [0.29, 0.717) is 12.1 Å². The van der Waals surface area contributed by atoms with Crippen LogP contribution in [0.3, 0.4) is 0 Å². The van der Waals surface area contributed by atoms with Gasteiger partial charge in [-0.05, 0) is 63.3 Å². The summed E-state index contributed by atoms with van der Waals surface area (Å²) in [6.45, 7) is 5.05. The molecule has 0 radical (unpaired) electrons. The molecule has 9 heteroatoms. The molecule has 1 unspecified atom stereocenters. The Labute approximate surface area is 211 Å². The van der Waals surface area contributed by atoms with E-state index in [-0.39, 0.29) is 23.6 Å². The SMILES string of the molecule is CC(C)(C)OC(=O)NC(Cc1ccc(OCC(=O)O)c(C#N)c1)C(=O)NCCCCc1ccccc1. The molecule has 0 bridgehead atoms. The van der Waals surface area contributed by atoms with Gasteiger partial charge in [0.1, 0.15) is 23.5 Å². The van der Waals surface area contributed by atoms with E-state index >= 15 is 0 Å². The zero-order valence-electron chi connectivity index (χ0n) is 20.9. The number of hydrogen-bond acceptors (Lipinski definition) is 6. The molecule has 0 fully saturated rings. The Kier molecular flexibility index (Phi) is 10.7. The lowest BCUT2D eigenvalue weighted by atomic mass is 10.0. The average Bonchev–Trinajstić information content (AvgIpc) is 2.81. The third kappa shape index (κ3) is 10.5. The van der Waals surface area contributed by atoms with Crippen molar-refractivity contribution in [2.75, 3.05) is 13.2 Å². The molecule has 0 aliphatic carbocycles. The first kappa shape index (κ1) is 28.2. The number of nitriles is 1. The summed E-state index contributed by atoms with van der Waals surface area (Å²) in [5, 5.41) is 23.7. The van der Waals surface area contributed by atoms with Crippen molar-refractivity contribution in [3.8, 4) is 11.8 Å². The highest BCUT2D eigenvalue weighted by molar-refractivity contribution is 5.86. The van der Waals surface area contributed by atoms with Crippen molar-refractivity contribution in [1.82, 2.24) is 10.6 Å². The fourth-order valence-corrected chi connectivity index (χ4v) is 3.39. The summed E-state index contributed by atoms with van der Waals surface area (Å²) >= 11 is 0. The van der Waals surface area contributed by atoms with Crippen molar-refractivity contribution in [1.29, 1.82) is 5.26 Å². The maximum atomic E-state index is 12.9. The lowest BCUT2D eigenvalue weighted by molar-refractivity contribution is -0.139. The number of carboxylic acids is 1. The average molecular weight is 496 g/mol. The van der Waals surface area contributed by atoms with E-state index in [9.17, 15) is 19.6 Å². The summed E-state index contributed by atoms with van der Waals surface area (Å²) in [5.41, 5.74) is 1.22. The number of aliphatic carboxylic acids is 1. The van der Waals surface area contributed by atoms with Gasteiger partial charge in [0.2, 0.25) is 5.91 Å². The number of nitrogens with one attached hydrogen (secondary N) is 2. The third-order valence-electron chi connectivity index (χ3n) is 5.00. The van der Waals surface area contributed by atoms with Gasteiger partial charge in [-0.1, -0.05) is 36.4 Å². The summed E-state index contributed by atoms with van der Waals surface area (Å²) in [4.78, 5) is 36.1. The van der Waals surface area contributed by atoms with Crippen molar-refractivity contribution < 1.29 is 29.0 Å². The van der Waals surface area contributed by atoms with Gasteiger partial charge in [0.15, 0.2) is 6.61 Å². The first-order valence-corrected chi connectivity index (χ1v) is 11.8. The second kappa shape index (κ2) is 13.7. The number of carboxylic acid groups (broad SMARTS) is 1. The zero-order chi connectivity index (χ0) is 26.6. The third-order valence-corrected chi connectivity index (χ3v) is 5.00. The van der Waals surface area contributed by atoms with Crippen LogP contribution < -0.4 is 15.4 Å². The molecule has 9 nitrogen and oxygen atoms in total. The number of carbonyl (C=O) groups excluding carboxylic acids is 2. The molecule has 0 aliphatic heterocycles.